The number of halogens is 1. The lowest BCUT2D eigenvalue weighted by atomic mass is 9.92. The third-order valence-corrected chi connectivity index (χ3v) is 3.83. The van der Waals surface area contributed by atoms with Crippen molar-refractivity contribution in [3.8, 4) is 5.75 Å². The first kappa shape index (κ1) is 13.7. The molecule has 0 heterocycles. The molecular formula is C15H22ClNO. The van der Waals surface area contributed by atoms with E-state index in [4.69, 9.17) is 16.3 Å². The van der Waals surface area contributed by atoms with Crippen LogP contribution >= 0.6 is 11.6 Å². The Hall–Kier alpha value is -0.730. The third-order valence-electron chi connectivity index (χ3n) is 3.53. The van der Waals surface area contributed by atoms with E-state index in [-0.39, 0.29) is 6.10 Å². The third kappa shape index (κ3) is 3.39. The molecule has 1 aromatic rings. The van der Waals surface area contributed by atoms with Crippen molar-refractivity contribution in [1.82, 2.24) is 5.32 Å². The predicted molar refractivity (Wildman–Crippen MR) is 76.5 cm³/mol. The van der Waals surface area contributed by atoms with Crippen molar-refractivity contribution < 1.29 is 4.74 Å². The van der Waals surface area contributed by atoms with Crippen LogP contribution in [0.2, 0.25) is 5.02 Å². The molecule has 1 aromatic carbocycles. The lowest BCUT2D eigenvalue weighted by Gasteiger charge is -2.32. The predicted octanol–water partition coefficient (Wildman–Crippen LogP) is 3.95. The molecule has 0 saturated heterocycles. The van der Waals surface area contributed by atoms with Crippen LogP contribution in [0.15, 0.2) is 18.2 Å². The fraction of sp³-hybridized carbons (Fsp3) is 0.600. The fourth-order valence-corrected chi connectivity index (χ4v) is 2.88. The smallest absolute Gasteiger partial charge is 0.138 e. The van der Waals surface area contributed by atoms with Gasteiger partial charge in [0.2, 0.25) is 0 Å². The van der Waals surface area contributed by atoms with Crippen molar-refractivity contribution in [2.75, 3.05) is 6.54 Å². The first-order valence-electron chi connectivity index (χ1n) is 6.87. The maximum atomic E-state index is 6.23. The van der Waals surface area contributed by atoms with Crippen LogP contribution in [0, 0.1) is 6.92 Å². The summed E-state index contributed by atoms with van der Waals surface area (Å²) in [7, 11) is 0. The van der Waals surface area contributed by atoms with Gasteiger partial charge in [-0.1, -0.05) is 31.0 Å². The van der Waals surface area contributed by atoms with Gasteiger partial charge in [0.25, 0.3) is 0 Å². The zero-order valence-electron chi connectivity index (χ0n) is 11.2. The summed E-state index contributed by atoms with van der Waals surface area (Å²) in [5.74, 6) is 0.817. The molecular weight excluding hydrogens is 246 g/mol. The van der Waals surface area contributed by atoms with Gasteiger partial charge in [-0.15, -0.1) is 0 Å². The van der Waals surface area contributed by atoms with Crippen LogP contribution < -0.4 is 10.1 Å². The maximum Gasteiger partial charge on any atom is 0.138 e. The van der Waals surface area contributed by atoms with E-state index in [1.165, 1.54) is 24.8 Å². The fourth-order valence-electron chi connectivity index (χ4n) is 2.60. The molecule has 18 heavy (non-hydrogen) atoms. The number of aryl methyl sites for hydroxylation is 1. The van der Waals surface area contributed by atoms with E-state index in [0.29, 0.717) is 6.04 Å². The molecule has 0 radical (unpaired) electrons. The highest BCUT2D eigenvalue weighted by atomic mass is 35.5. The Kier molecular flexibility index (Phi) is 4.90. The van der Waals surface area contributed by atoms with Crippen molar-refractivity contribution >= 4 is 11.6 Å². The molecule has 2 nitrogen and oxygen atoms in total. The molecule has 0 amide bonds. The van der Waals surface area contributed by atoms with E-state index in [1.807, 2.05) is 25.1 Å². The Morgan fingerprint density at radius 3 is 2.83 bits per heavy atom. The molecule has 0 spiro atoms. The van der Waals surface area contributed by atoms with Crippen LogP contribution in [0.25, 0.3) is 0 Å². The highest BCUT2D eigenvalue weighted by Crippen LogP contribution is 2.30. The largest absolute Gasteiger partial charge is 0.487 e. The molecule has 0 bridgehead atoms. The second kappa shape index (κ2) is 6.44. The summed E-state index contributed by atoms with van der Waals surface area (Å²) in [4.78, 5) is 0. The van der Waals surface area contributed by atoms with Gasteiger partial charge in [-0.05, 0) is 50.4 Å². The van der Waals surface area contributed by atoms with Gasteiger partial charge in [0, 0.05) is 6.04 Å². The number of nitrogens with one attached hydrogen (secondary N) is 1. The monoisotopic (exact) mass is 267 g/mol. The minimum atomic E-state index is 0.249. The first-order valence-corrected chi connectivity index (χ1v) is 7.24. The normalized spacial score (nSPS) is 23.9. The second-order valence-electron chi connectivity index (χ2n) is 5.04. The maximum absolute atomic E-state index is 6.23. The molecule has 1 aliphatic carbocycles. The molecule has 2 unspecified atom stereocenters. The summed E-state index contributed by atoms with van der Waals surface area (Å²) in [6.07, 6.45) is 5.10. The number of hydrogen-bond acceptors (Lipinski definition) is 2. The summed E-state index contributed by atoms with van der Waals surface area (Å²) in [6.45, 7) is 5.17. The van der Waals surface area contributed by atoms with Crippen molar-refractivity contribution in [2.24, 2.45) is 0 Å². The molecule has 2 rings (SSSR count). The Labute approximate surface area is 115 Å². The van der Waals surface area contributed by atoms with E-state index in [2.05, 4.69) is 12.2 Å². The molecule has 1 saturated carbocycles. The van der Waals surface area contributed by atoms with E-state index in [9.17, 15) is 0 Å². The van der Waals surface area contributed by atoms with Gasteiger partial charge >= 0.3 is 0 Å². The van der Waals surface area contributed by atoms with Gasteiger partial charge in [0.05, 0.1) is 5.02 Å². The quantitative estimate of drug-likeness (QED) is 0.892. The SMILES string of the molecule is CCNC1CCCCC1Oc1ccc(C)cc1Cl. The average molecular weight is 268 g/mol. The summed E-state index contributed by atoms with van der Waals surface area (Å²) in [6, 6.07) is 6.45. The van der Waals surface area contributed by atoms with Gasteiger partial charge in [-0.2, -0.15) is 0 Å². The topological polar surface area (TPSA) is 21.3 Å². The number of hydrogen-bond donors (Lipinski definition) is 1. The molecule has 3 heteroatoms. The highest BCUT2D eigenvalue weighted by Gasteiger charge is 2.26. The summed E-state index contributed by atoms with van der Waals surface area (Å²) >= 11 is 6.23. The molecule has 1 aliphatic rings. The second-order valence-corrected chi connectivity index (χ2v) is 5.45. The zero-order valence-corrected chi connectivity index (χ0v) is 12.0. The minimum absolute atomic E-state index is 0.249. The van der Waals surface area contributed by atoms with E-state index in [1.54, 1.807) is 0 Å². The van der Waals surface area contributed by atoms with Crippen LogP contribution in [-0.4, -0.2) is 18.7 Å². The van der Waals surface area contributed by atoms with Crippen LogP contribution in [-0.2, 0) is 0 Å². The van der Waals surface area contributed by atoms with Gasteiger partial charge in [-0.3, -0.25) is 0 Å². The average Bonchev–Trinajstić information content (AvgIpc) is 2.35. The van der Waals surface area contributed by atoms with Crippen LogP contribution in [0.1, 0.15) is 38.2 Å². The van der Waals surface area contributed by atoms with E-state index >= 15 is 0 Å². The molecule has 2 atom stereocenters. The zero-order chi connectivity index (χ0) is 13.0. The summed E-state index contributed by atoms with van der Waals surface area (Å²) < 4.78 is 6.11. The molecule has 0 aromatic heterocycles. The van der Waals surface area contributed by atoms with Crippen LogP contribution in [0.5, 0.6) is 5.75 Å². The highest BCUT2D eigenvalue weighted by molar-refractivity contribution is 6.32. The summed E-state index contributed by atoms with van der Waals surface area (Å²) in [5, 5.41) is 4.24. The van der Waals surface area contributed by atoms with Gasteiger partial charge in [0.15, 0.2) is 0 Å². The van der Waals surface area contributed by atoms with E-state index in [0.717, 1.165) is 23.7 Å². The van der Waals surface area contributed by atoms with Gasteiger partial charge in [-0.25, -0.2) is 0 Å². The standard InChI is InChI=1S/C15H22ClNO/c1-3-17-13-6-4-5-7-15(13)18-14-9-8-11(2)10-12(14)16/h8-10,13,15,17H,3-7H2,1-2H3. The van der Waals surface area contributed by atoms with Gasteiger partial charge in [0.1, 0.15) is 11.9 Å². The van der Waals surface area contributed by atoms with Crippen molar-refractivity contribution in [3.63, 3.8) is 0 Å². The molecule has 1 fully saturated rings. The molecule has 1 N–H and O–H groups in total. The lowest BCUT2D eigenvalue weighted by molar-refractivity contribution is 0.115. The minimum Gasteiger partial charge on any atom is -0.487 e. The number of ether oxygens (including phenoxy) is 1. The van der Waals surface area contributed by atoms with Crippen LogP contribution in [0.3, 0.4) is 0 Å². The van der Waals surface area contributed by atoms with Crippen molar-refractivity contribution in [2.45, 2.75) is 51.7 Å². The Morgan fingerprint density at radius 1 is 1.33 bits per heavy atom. The lowest BCUT2D eigenvalue weighted by Crippen LogP contribution is -2.45. The molecule has 0 aliphatic heterocycles. The van der Waals surface area contributed by atoms with Gasteiger partial charge < -0.3 is 10.1 Å². The van der Waals surface area contributed by atoms with Crippen molar-refractivity contribution in [1.29, 1.82) is 0 Å². The Bertz CT molecular complexity index is 392. The number of likely N-dealkylation sites (N-methyl/N-ethyl adjacent to an activating group) is 1. The van der Waals surface area contributed by atoms with Crippen LogP contribution in [0.4, 0.5) is 0 Å². The number of rotatable bonds is 4. The van der Waals surface area contributed by atoms with Crippen molar-refractivity contribution in [3.05, 3.63) is 28.8 Å². The Balaban J connectivity index is 2.06. The van der Waals surface area contributed by atoms with E-state index < -0.39 is 0 Å². The molecule has 100 valence electrons. The number of benzene rings is 1. The Morgan fingerprint density at radius 2 is 2.11 bits per heavy atom. The first-order chi connectivity index (χ1) is 8.70. The summed E-state index contributed by atoms with van der Waals surface area (Å²) in [5.41, 5.74) is 1.17.